The second kappa shape index (κ2) is 4.86. The first-order chi connectivity index (χ1) is 6.66. The van der Waals surface area contributed by atoms with Crippen LogP contribution in [0.5, 0.6) is 5.75 Å². The van der Waals surface area contributed by atoms with Crippen LogP contribution in [0.1, 0.15) is 11.1 Å². The topological polar surface area (TPSA) is 12.5 Å². The summed E-state index contributed by atoms with van der Waals surface area (Å²) in [5, 5.41) is 0. The van der Waals surface area contributed by atoms with Crippen molar-refractivity contribution in [2.45, 2.75) is 19.4 Å². The Hall–Kier alpha value is -0.730. The first kappa shape index (κ1) is 12.3. The van der Waals surface area contributed by atoms with Gasteiger partial charge in [-0.05, 0) is 39.1 Å². The lowest BCUT2D eigenvalue weighted by Crippen LogP contribution is -2.38. The molecule has 1 atom stereocenters. The summed E-state index contributed by atoms with van der Waals surface area (Å²) in [6.45, 7) is 2.93. The molecule has 2 rings (SSSR count). The highest BCUT2D eigenvalue weighted by atomic mass is 35.5. The first-order valence-electron chi connectivity index (χ1n) is 5.05. The molecule has 1 aliphatic rings. The van der Waals surface area contributed by atoms with Crippen molar-refractivity contribution < 1.29 is 4.74 Å². The van der Waals surface area contributed by atoms with E-state index in [1.54, 1.807) is 0 Å². The number of hydrogen-bond donors (Lipinski definition) is 0. The van der Waals surface area contributed by atoms with E-state index >= 15 is 0 Å². The first-order valence-corrected chi connectivity index (χ1v) is 5.05. The fourth-order valence-electron chi connectivity index (χ4n) is 1.84. The molecule has 0 bridgehead atoms. The summed E-state index contributed by atoms with van der Waals surface area (Å²) in [6.07, 6.45) is 1.10. The number of fused-ring (bicyclic) bond motifs is 1. The predicted molar refractivity (Wildman–Crippen MR) is 65.1 cm³/mol. The summed E-state index contributed by atoms with van der Waals surface area (Å²) in [6, 6.07) is 6.93. The third kappa shape index (κ3) is 2.64. The average Bonchev–Trinajstić information content (AvgIpc) is 2.16. The Morgan fingerprint density at radius 1 is 1.33 bits per heavy atom. The van der Waals surface area contributed by atoms with Gasteiger partial charge in [0.15, 0.2) is 0 Å². The number of likely N-dealkylation sites (N-methyl/N-ethyl adjacent to an activating group) is 1. The highest BCUT2D eigenvalue weighted by Crippen LogP contribution is 2.26. The quantitative estimate of drug-likeness (QED) is 0.730. The van der Waals surface area contributed by atoms with Crippen LogP contribution in [0.3, 0.4) is 0 Å². The Balaban J connectivity index is 0.00000112. The van der Waals surface area contributed by atoms with Gasteiger partial charge in [-0.1, -0.05) is 17.7 Å². The van der Waals surface area contributed by atoms with Crippen molar-refractivity contribution in [3.05, 3.63) is 29.3 Å². The molecule has 3 heteroatoms. The summed E-state index contributed by atoms with van der Waals surface area (Å²) in [4.78, 5) is 2.23. The molecule has 0 radical (unpaired) electrons. The second-order valence-electron chi connectivity index (χ2n) is 4.24. The maximum atomic E-state index is 5.71. The third-order valence-electron chi connectivity index (χ3n) is 2.83. The zero-order chi connectivity index (χ0) is 10.1. The van der Waals surface area contributed by atoms with E-state index in [1.165, 1.54) is 11.1 Å². The fraction of sp³-hybridized carbons (Fsp3) is 0.500. The molecule has 2 nitrogen and oxygen atoms in total. The van der Waals surface area contributed by atoms with E-state index in [0.29, 0.717) is 6.04 Å². The van der Waals surface area contributed by atoms with E-state index < -0.39 is 0 Å². The van der Waals surface area contributed by atoms with Gasteiger partial charge >= 0.3 is 0 Å². The van der Waals surface area contributed by atoms with Crippen LogP contribution in [0.25, 0.3) is 0 Å². The molecule has 15 heavy (non-hydrogen) atoms. The Labute approximate surface area is 97.6 Å². The van der Waals surface area contributed by atoms with Crippen LogP contribution < -0.4 is 4.74 Å². The predicted octanol–water partition coefficient (Wildman–Crippen LogP) is 2.28. The van der Waals surface area contributed by atoms with Crippen LogP contribution in [0.4, 0.5) is 0 Å². The standard InChI is InChI=1S/C12H17NO.ClH/c1-9-4-5-12-10(6-9)7-11(8-14-12)13(2)3;/h4-6,11H,7-8H2,1-3H3;1H. The monoisotopic (exact) mass is 227 g/mol. The van der Waals surface area contributed by atoms with E-state index in [4.69, 9.17) is 4.74 Å². The number of benzene rings is 1. The molecule has 0 spiro atoms. The summed E-state index contributed by atoms with van der Waals surface area (Å²) in [7, 11) is 4.21. The molecule has 84 valence electrons. The minimum atomic E-state index is 0. The van der Waals surface area contributed by atoms with E-state index in [-0.39, 0.29) is 12.4 Å². The minimum Gasteiger partial charge on any atom is -0.492 e. The van der Waals surface area contributed by atoms with Crippen molar-refractivity contribution in [2.24, 2.45) is 0 Å². The number of hydrogen-bond acceptors (Lipinski definition) is 2. The lowest BCUT2D eigenvalue weighted by atomic mass is 10.0. The zero-order valence-electron chi connectivity index (χ0n) is 9.49. The lowest BCUT2D eigenvalue weighted by Gasteiger charge is -2.30. The average molecular weight is 228 g/mol. The van der Waals surface area contributed by atoms with Crippen molar-refractivity contribution in [3.63, 3.8) is 0 Å². The van der Waals surface area contributed by atoms with Gasteiger partial charge in [0.05, 0.1) is 0 Å². The highest BCUT2D eigenvalue weighted by Gasteiger charge is 2.20. The highest BCUT2D eigenvalue weighted by molar-refractivity contribution is 5.85. The zero-order valence-corrected chi connectivity index (χ0v) is 10.3. The Morgan fingerprint density at radius 2 is 2.07 bits per heavy atom. The molecular weight excluding hydrogens is 210 g/mol. The number of aryl methyl sites for hydroxylation is 1. The molecule has 0 aromatic heterocycles. The molecule has 0 aliphatic carbocycles. The molecule has 1 aromatic rings. The second-order valence-corrected chi connectivity index (χ2v) is 4.24. The van der Waals surface area contributed by atoms with Gasteiger partial charge in [0, 0.05) is 6.04 Å². The van der Waals surface area contributed by atoms with Crippen LogP contribution in [-0.2, 0) is 6.42 Å². The van der Waals surface area contributed by atoms with Gasteiger partial charge in [-0.3, -0.25) is 0 Å². The molecule has 0 fully saturated rings. The lowest BCUT2D eigenvalue weighted by molar-refractivity contribution is 0.165. The van der Waals surface area contributed by atoms with Crippen LogP contribution in [-0.4, -0.2) is 31.6 Å². The van der Waals surface area contributed by atoms with Crippen LogP contribution >= 0.6 is 12.4 Å². The Kier molecular flexibility index (Phi) is 4.00. The van der Waals surface area contributed by atoms with Crippen molar-refractivity contribution >= 4 is 12.4 Å². The molecule has 1 aromatic carbocycles. The van der Waals surface area contributed by atoms with Gasteiger partial charge in [-0.15, -0.1) is 12.4 Å². The number of ether oxygens (including phenoxy) is 1. The number of rotatable bonds is 1. The molecule has 0 amide bonds. The van der Waals surface area contributed by atoms with Gasteiger partial charge in [-0.2, -0.15) is 0 Å². The molecule has 1 heterocycles. The van der Waals surface area contributed by atoms with Gasteiger partial charge < -0.3 is 9.64 Å². The van der Waals surface area contributed by atoms with Crippen molar-refractivity contribution in [2.75, 3.05) is 20.7 Å². The summed E-state index contributed by atoms with van der Waals surface area (Å²) < 4.78 is 5.71. The maximum absolute atomic E-state index is 5.71. The third-order valence-corrected chi connectivity index (χ3v) is 2.83. The molecule has 1 unspecified atom stereocenters. The van der Waals surface area contributed by atoms with Crippen LogP contribution in [0.2, 0.25) is 0 Å². The van der Waals surface area contributed by atoms with Gasteiger partial charge in [0.25, 0.3) is 0 Å². The van der Waals surface area contributed by atoms with Crippen LogP contribution in [0, 0.1) is 6.92 Å². The van der Waals surface area contributed by atoms with E-state index in [0.717, 1.165) is 18.8 Å². The normalized spacial score (nSPS) is 19.1. The smallest absolute Gasteiger partial charge is 0.122 e. The van der Waals surface area contributed by atoms with Crippen LogP contribution in [0.15, 0.2) is 18.2 Å². The Bertz CT molecular complexity index is 338. The number of nitrogens with zero attached hydrogens (tertiary/aromatic N) is 1. The summed E-state index contributed by atoms with van der Waals surface area (Å²) in [5.41, 5.74) is 2.65. The maximum Gasteiger partial charge on any atom is 0.122 e. The van der Waals surface area contributed by atoms with Crippen molar-refractivity contribution in [3.8, 4) is 5.75 Å². The van der Waals surface area contributed by atoms with Crippen molar-refractivity contribution in [1.29, 1.82) is 0 Å². The largest absolute Gasteiger partial charge is 0.492 e. The SMILES string of the molecule is Cc1ccc2c(c1)CC(N(C)C)CO2.Cl. The fourth-order valence-corrected chi connectivity index (χ4v) is 1.84. The van der Waals surface area contributed by atoms with Crippen molar-refractivity contribution in [1.82, 2.24) is 4.90 Å². The molecule has 0 saturated heterocycles. The Morgan fingerprint density at radius 3 is 2.73 bits per heavy atom. The van der Waals surface area contributed by atoms with Gasteiger partial charge in [0.1, 0.15) is 12.4 Å². The molecular formula is C12H18ClNO. The molecule has 0 saturated carbocycles. The molecule has 1 aliphatic heterocycles. The minimum absolute atomic E-state index is 0. The summed E-state index contributed by atoms with van der Waals surface area (Å²) >= 11 is 0. The van der Waals surface area contributed by atoms with E-state index in [1.807, 2.05) is 0 Å². The molecule has 0 N–H and O–H groups in total. The number of halogens is 1. The van der Waals surface area contributed by atoms with Gasteiger partial charge in [-0.25, -0.2) is 0 Å². The van der Waals surface area contributed by atoms with E-state index in [2.05, 4.69) is 44.1 Å². The van der Waals surface area contributed by atoms with E-state index in [9.17, 15) is 0 Å². The summed E-state index contributed by atoms with van der Waals surface area (Å²) in [5.74, 6) is 1.06. The van der Waals surface area contributed by atoms with Gasteiger partial charge in [0.2, 0.25) is 0 Å².